The molecule has 0 aromatic rings. The highest BCUT2D eigenvalue weighted by Crippen LogP contribution is 2.67. The number of ketones is 1. The van der Waals surface area contributed by atoms with Gasteiger partial charge in [-0.2, -0.15) is 0 Å². The molecule has 1 spiro atoms. The summed E-state index contributed by atoms with van der Waals surface area (Å²) < 4.78 is 11.7. The van der Waals surface area contributed by atoms with Crippen LogP contribution in [0.1, 0.15) is 12.8 Å². The van der Waals surface area contributed by atoms with E-state index in [1.807, 2.05) is 6.08 Å². The van der Waals surface area contributed by atoms with Gasteiger partial charge in [0.1, 0.15) is 11.4 Å². The number of hydrogen-bond acceptors (Lipinski definition) is 5. The molecule has 2 heterocycles. The molecule has 2 saturated heterocycles. The number of carbonyl (C=O) groups is 1. The molecule has 122 valence electrons. The van der Waals surface area contributed by atoms with E-state index >= 15 is 0 Å². The monoisotopic (exact) mass is 315 g/mol. The molecule has 0 amide bonds. The minimum Gasteiger partial charge on any atom is -0.493 e. The summed E-state index contributed by atoms with van der Waals surface area (Å²) in [6.07, 6.45) is 8.43. The summed E-state index contributed by atoms with van der Waals surface area (Å²) in [4.78, 5) is 14.8. The van der Waals surface area contributed by atoms with Crippen molar-refractivity contribution in [2.75, 3.05) is 20.7 Å². The first kappa shape index (κ1) is 13.8. The van der Waals surface area contributed by atoms with E-state index < -0.39 is 17.1 Å². The van der Waals surface area contributed by atoms with Crippen molar-refractivity contribution in [1.82, 2.24) is 4.90 Å². The van der Waals surface area contributed by atoms with Crippen molar-refractivity contribution in [3.05, 3.63) is 35.8 Å². The van der Waals surface area contributed by atoms with Crippen LogP contribution in [0.25, 0.3) is 0 Å². The summed E-state index contributed by atoms with van der Waals surface area (Å²) in [7, 11) is 3.69. The number of allylic oxidation sites excluding steroid dienone is 3. The maximum absolute atomic E-state index is 12.6. The molecule has 0 aromatic heterocycles. The van der Waals surface area contributed by atoms with Crippen molar-refractivity contribution in [2.24, 2.45) is 17.3 Å². The normalized spacial score (nSPS) is 50.0. The molecule has 3 unspecified atom stereocenters. The standard InChI is InChI=1S/C18H21NO4/c1-19-8-7-17-14-10-3-4-12(22-2)15(14)23-16(17)11(20)5-6-18(17,21)13(19)9-10/h3-6,10,13-14,16,21H,7-9H2,1-2H3/t10?,13-,14?,16+,17+,18?/m1/s1. The number of hydrogen-bond donors (Lipinski definition) is 1. The second-order valence-corrected chi connectivity index (χ2v) is 7.51. The van der Waals surface area contributed by atoms with Crippen molar-refractivity contribution in [3.63, 3.8) is 0 Å². The highest BCUT2D eigenvalue weighted by molar-refractivity contribution is 5.97. The lowest BCUT2D eigenvalue weighted by molar-refractivity contribution is -0.205. The maximum atomic E-state index is 12.6. The summed E-state index contributed by atoms with van der Waals surface area (Å²) in [6, 6.07) is 0.0149. The fraction of sp³-hybridized carbons (Fsp3) is 0.611. The predicted octanol–water partition coefficient (Wildman–Crippen LogP) is 1.01. The van der Waals surface area contributed by atoms with Gasteiger partial charge in [-0.1, -0.05) is 6.08 Å². The molecule has 5 nitrogen and oxygen atoms in total. The molecule has 2 aliphatic heterocycles. The Morgan fingerprint density at radius 3 is 3.04 bits per heavy atom. The zero-order chi connectivity index (χ0) is 16.0. The molecule has 0 aromatic carbocycles. The second kappa shape index (κ2) is 4.08. The van der Waals surface area contributed by atoms with Crippen LogP contribution in [0.2, 0.25) is 0 Å². The Morgan fingerprint density at radius 1 is 1.43 bits per heavy atom. The lowest BCUT2D eigenvalue weighted by Crippen LogP contribution is -2.74. The molecule has 1 saturated carbocycles. The van der Waals surface area contributed by atoms with Crippen LogP contribution >= 0.6 is 0 Å². The minimum atomic E-state index is -1.02. The van der Waals surface area contributed by atoms with Crippen LogP contribution < -0.4 is 0 Å². The molecule has 2 bridgehead atoms. The Balaban J connectivity index is 1.79. The first-order valence-electron chi connectivity index (χ1n) is 8.31. The summed E-state index contributed by atoms with van der Waals surface area (Å²) in [5, 5.41) is 11.7. The van der Waals surface area contributed by atoms with Gasteiger partial charge in [0.25, 0.3) is 0 Å². The van der Waals surface area contributed by atoms with E-state index in [0.717, 1.165) is 25.1 Å². The Labute approximate surface area is 135 Å². The van der Waals surface area contributed by atoms with E-state index in [0.29, 0.717) is 5.76 Å². The number of ether oxygens (including phenoxy) is 2. The first-order valence-corrected chi connectivity index (χ1v) is 8.31. The van der Waals surface area contributed by atoms with E-state index in [-0.39, 0.29) is 23.7 Å². The van der Waals surface area contributed by atoms with Gasteiger partial charge in [-0.15, -0.1) is 0 Å². The molecule has 3 fully saturated rings. The molecule has 23 heavy (non-hydrogen) atoms. The van der Waals surface area contributed by atoms with E-state index in [9.17, 15) is 9.90 Å². The van der Waals surface area contributed by atoms with Crippen LogP contribution in [-0.2, 0) is 14.3 Å². The molecule has 0 radical (unpaired) electrons. The Morgan fingerprint density at radius 2 is 2.26 bits per heavy atom. The zero-order valence-electron chi connectivity index (χ0n) is 13.4. The molecule has 6 atom stereocenters. The Kier molecular flexibility index (Phi) is 2.45. The SMILES string of the molecule is COC1=C2O[C@H]3C(=O)C=CC4(O)[C@H]5CC(C=C1)C2[C@@]34CCN5C. The van der Waals surface area contributed by atoms with Crippen molar-refractivity contribution in [3.8, 4) is 0 Å². The van der Waals surface area contributed by atoms with Gasteiger partial charge < -0.3 is 19.5 Å². The third-order valence-corrected chi connectivity index (χ3v) is 6.86. The van der Waals surface area contributed by atoms with Gasteiger partial charge >= 0.3 is 0 Å². The third kappa shape index (κ3) is 1.32. The lowest BCUT2D eigenvalue weighted by Gasteiger charge is -2.63. The number of likely N-dealkylation sites (tertiary alicyclic amines) is 1. The fourth-order valence-corrected chi connectivity index (χ4v) is 5.88. The largest absolute Gasteiger partial charge is 0.493 e. The van der Waals surface area contributed by atoms with Gasteiger partial charge in [0, 0.05) is 12.0 Å². The number of nitrogens with zero attached hydrogens (tertiary/aromatic N) is 1. The number of methoxy groups -OCH3 is 1. The molecular weight excluding hydrogens is 294 g/mol. The van der Waals surface area contributed by atoms with Crippen LogP contribution in [0.4, 0.5) is 0 Å². The van der Waals surface area contributed by atoms with Gasteiger partial charge in [0.2, 0.25) is 0 Å². The molecular formula is C18H21NO4. The molecule has 5 rings (SSSR count). The molecule has 3 aliphatic carbocycles. The topological polar surface area (TPSA) is 59.0 Å². The molecule has 1 N–H and O–H groups in total. The van der Waals surface area contributed by atoms with Gasteiger partial charge in [0.05, 0.1) is 12.5 Å². The van der Waals surface area contributed by atoms with E-state index in [1.165, 1.54) is 6.08 Å². The summed E-state index contributed by atoms with van der Waals surface area (Å²) in [6.45, 7) is 0.872. The second-order valence-electron chi connectivity index (χ2n) is 7.51. The highest BCUT2D eigenvalue weighted by atomic mass is 16.5. The van der Waals surface area contributed by atoms with E-state index in [2.05, 4.69) is 18.0 Å². The Bertz CT molecular complexity index is 695. The van der Waals surface area contributed by atoms with Crippen molar-refractivity contribution >= 4 is 5.78 Å². The van der Waals surface area contributed by atoms with Crippen LogP contribution in [0.5, 0.6) is 0 Å². The lowest BCUT2D eigenvalue weighted by atomic mass is 9.46. The van der Waals surface area contributed by atoms with Gasteiger partial charge in [-0.3, -0.25) is 4.79 Å². The molecule has 5 aliphatic rings. The number of carbonyl (C=O) groups excluding carboxylic acids is 1. The Hall–Kier alpha value is -1.59. The maximum Gasteiger partial charge on any atom is 0.196 e. The zero-order valence-corrected chi connectivity index (χ0v) is 13.4. The number of piperidine rings is 1. The van der Waals surface area contributed by atoms with Crippen molar-refractivity contribution in [1.29, 1.82) is 0 Å². The summed E-state index contributed by atoms with van der Waals surface area (Å²) in [5.41, 5.74) is -1.59. The average molecular weight is 315 g/mol. The van der Waals surface area contributed by atoms with Crippen molar-refractivity contribution < 1.29 is 19.4 Å². The number of rotatable bonds is 1. The van der Waals surface area contributed by atoms with Gasteiger partial charge in [0.15, 0.2) is 17.6 Å². The third-order valence-electron chi connectivity index (χ3n) is 6.86. The van der Waals surface area contributed by atoms with Crippen LogP contribution in [0.3, 0.4) is 0 Å². The number of aliphatic hydroxyl groups is 1. The van der Waals surface area contributed by atoms with Crippen LogP contribution in [-0.4, -0.2) is 54.2 Å². The van der Waals surface area contributed by atoms with Crippen LogP contribution in [0.15, 0.2) is 35.8 Å². The van der Waals surface area contributed by atoms with Crippen molar-refractivity contribution in [2.45, 2.75) is 30.6 Å². The van der Waals surface area contributed by atoms with Gasteiger partial charge in [-0.25, -0.2) is 0 Å². The minimum absolute atomic E-state index is 0.0149. The number of likely N-dealkylation sites (N-methyl/N-ethyl adjacent to an activating group) is 1. The van der Waals surface area contributed by atoms with Crippen LogP contribution in [0, 0.1) is 17.3 Å². The smallest absolute Gasteiger partial charge is 0.196 e. The first-order chi connectivity index (χ1) is 11.0. The summed E-state index contributed by atoms with van der Waals surface area (Å²) >= 11 is 0. The predicted molar refractivity (Wildman–Crippen MR) is 82.2 cm³/mol. The summed E-state index contributed by atoms with van der Waals surface area (Å²) in [5.74, 6) is 1.74. The highest BCUT2D eigenvalue weighted by Gasteiger charge is 2.75. The quantitative estimate of drug-likeness (QED) is 0.782. The molecule has 5 heteroatoms. The van der Waals surface area contributed by atoms with Gasteiger partial charge in [-0.05, 0) is 50.6 Å². The van der Waals surface area contributed by atoms with E-state index in [1.54, 1.807) is 13.2 Å². The fourth-order valence-electron chi connectivity index (χ4n) is 5.88. The van der Waals surface area contributed by atoms with E-state index in [4.69, 9.17) is 9.47 Å². The average Bonchev–Trinajstić information content (AvgIpc) is 2.90.